The number of hydrogen-bond acceptors (Lipinski definition) is 5. The van der Waals surface area contributed by atoms with Crippen LogP contribution in [0, 0.1) is 11.3 Å². The second-order valence-corrected chi connectivity index (χ2v) is 4.73. The Morgan fingerprint density at radius 2 is 2.20 bits per heavy atom. The Morgan fingerprint density at radius 1 is 1.53 bits per heavy atom. The molecule has 15 heavy (non-hydrogen) atoms. The first-order chi connectivity index (χ1) is 7.02. The molecule has 0 saturated heterocycles. The summed E-state index contributed by atoms with van der Waals surface area (Å²) in [7, 11) is -2.22. The summed E-state index contributed by atoms with van der Waals surface area (Å²) in [5.41, 5.74) is 0. The number of unbranched alkanes of at least 4 members (excludes halogenated alkanes) is 1. The van der Waals surface area contributed by atoms with Crippen LogP contribution in [-0.2, 0) is 19.6 Å². The van der Waals surface area contributed by atoms with E-state index in [4.69, 9.17) is 5.26 Å². The summed E-state index contributed by atoms with van der Waals surface area (Å²) in [5, 5.41) is 8.22. The van der Waals surface area contributed by atoms with Crippen molar-refractivity contribution in [2.75, 3.05) is 19.4 Å². The number of methoxy groups -OCH3 is 1. The van der Waals surface area contributed by atoms with Crippen molar-refractivity contribution in [1.29, 1.82) is 5.26 Å². The van der Waals surface area contributed by atoms with Gasteiger partial charge in [-0.3, -0.25) is 4.79 Å². The number of esters is 1. The number of nitriles is 1. The van der Waals surface area contributed by atoms with E-state index in [-0.39, 0.29) is 18.7 Å². The van der Waals surface area contributed by atoms with Gasteiger partial charge in [0.2, 0.25) is 10.0 Å². The molecule has 0 bridgehead atoms. The van der Waals surface area contributed by atoms with Gasteiger partial charge in [0, 0.05) is 13.0 Å². The van der Waals surface area contributed by atoms with Gasteiger partial charge in [-0.2, -0.15) is 5.26 Å². The summed E-state index contributed by atoms with van der Waals surface area (Å²) in [6, 6.07) is 1.90. The van der Waals surface area contributed by atoms with Crippen molar-refractivity contribution < 1.29 is 17.9 Å². The fraction of sp³-hybridized carbons (Fsp3) is 0.750. The van der Waals surface area contributed by atoms with Crippen LogP contribution >= 0.6 is 0 Å². The minimum absolute atomic E-state index is 0.163. The molecule has 0 aromatic heterocycles. The van der Waals surface area contributed by atoms with E-state index in [0.717, 1.165) is 0 Å². The summed E-state index contributed by atoms with van der Waals surface area (Å²) in [4.78, 5) is 10.7. The Labute approximate surface area is 89.3 Å². The number of hydrogen-bond donors (Lipinski definition) is 1. The van der Waals surface area contributed by atoms with Crippen molar-refractivity contribution >= 4 is 16.0 Å². The van der Waals surface area contributed by atoms with Gasteiger partial charge in [-0.15, -0.1) is 0 Å². The topological polar surface area (TPSA) is 96.3 Å². The van der Waals surface area contributed by atoms with Crippen molar-refractivity contribution in [3.05, 3.63) is 0 Å². The van der Waals surface area contributed by atoms with Crippen LogP contribution in [0.15, 0.2) is 0 Å². The maximum atomic E-state index is 11.2. The zero-order chi connectivity index (χ0) is 11.7. The fourth-order valence-electron chi connectivity index (χ4n) is 0.787. The molecule has 1 N–H and O–H groups in total. The molecule has 0 fully saturated rings. The Kier molecular flexibility index (Phi) is 6.66. The largest absolute Gasteiger partial charge is 0.469 e. The molecule has 0 aromatic rings. The van der Waals surface area contributed by atoms with Crippen molar-refractivity contribution in [2.24, 2.45) is 0 Å². The second kappa shape index (κ2) is 7.20. The van der Waals surface area contributed by atoms with Gasteiger partial charge in [0.15, 0.2) is 0 Å². The minimum Gasteiger partial charge on any atom is -0.469 e. The van der Waals surface area contributed by atoms with Crippen LogP contribution in [0.4, 0.5) is 0 Å². The molecule has 7 heteroatoms. The molecule has 6 nitrogen and oxygen atoms in total. The van der Waals surface area contributed by atoms with E-state index in [1.54, 1.807) is 0 Å². The highest BCUT2D eigenvalue weighted by Crippen LogP contribution is 1.93. The van der Waals surface area contributed by atoms with Crippen LogP contribution < -0.4 is 4.72 Å². The summed E-state index contributed by atoms with van der Waals surface area (Å²) < 4.78 is 29.0. The van der Waals surface area contributed by atoms with Gasteiger partial charge >= 0.3 is 5.97 Å². The summed E-state index contributed by atoms with van der Waals surface area (Å²) in [5.74, 6) is -0.843. The van der Waals surface area contributed by atoms with Crippen molar-refractivity contribution in [2.45, 2.75) is 19.3 Å². The number of carbonyl (C=O) groups is 1. The molecule has 0 spiro atoms. The molecule has 86 valence electrons. The Morgan fingerprint density at radius 3 is 2.73 bits per heavy atom. The molecule has 0 amide bonds. The van der Waals surface area contributed by atoms with Crippen LogP contribution in [0.1, 0.15) is 19.3 Å². The fourth-order valence-corrected chi connectivity index (χ4v) is 1.82. The third-order valence-electron chi connectivity index (χ3n) is 1.59. The Bertz CT molecular complexity index is 331. The molecule has 0 aliphatic rings. The third kappa shape index (κ3) is 7.90. The van der Waals surface area contributed by atoms with E-state index in [2.05, 4.69) is 9.46 Å². The summed E-state index contributed by atoms with van der Waals surface area (Å²) >= 11 is 0. The van der Waals surface area contributed by atoms with Gasteiger partial charge in [-0.25, -0.2) is 13.1 Å². The van der Waals surface area contributed by atoms with E-state index in [9.17, 15) is 13.2 Å². The monoisotopic (exact) mass is 234 g/mol. The molecule has 0 unspecified atom stereocenters. The predicted molar refractivity (Wildman–Crippen MR) is 53.3 cm³/mol. The molecule has 0 aromatic carbocycles. The number of rotatable bonds is 7. The lowest BCUT2D eigenvalue weighted by Gasteiger charge is -2.04. The number of nitrogens with zero attached hydrogens (tertiary/aromatic N) is 1. The molecule has 0 atom stereocenters. The molecular formula is C8H14N2O4S. The van der Waals surface area contributed by atoms with E-state index in [1.807, 2.05) is 6.07 Å². The van der Waals surface area contributed by atoms with Crippen molar-refractivity contribution in [1.82, 2.24) is 4.72 Å². The number of sulfonamides is 1. The molecule has 0 aliphatic heterocycles. The Hall–Kier alpha value is -1.13. The zero-order valence-corrected chi connectivity index (χ0v) is 9.34. The Balaban J connectivity index is 3.78. The summed E-state index contributed by atoms with van der Waals surface area (Å²) in [6.45, 7) is 0.219. The average Bonchev–Trinajstić information content (AvgIpc) is 2.21. The molecule has 0 heterocycles. The van der Waals surface area contributed by atoms with Crippen LogP contribution in [0.25, 0.3) is 0 Å². The number of ether oxygens (including phenoxy) is 1. The van der Waals surface area contributed by atoms with Gasteiger partial charge in [-0.05, 0) is 6.42 Å². The number of carbonyl (C=O) groups excluding carboxylic acids is 1. The van der Waals surface area contributed by atoms with Crippen LogP contribution in [-0.4, -0.2) is 33.8 Å². The minimum atomic E-state index is -3.43. The van der Waals surface area contributed by atoms with E-state index in [0.29, 0.717) is 12.8 Å². The average molecular weight is 234 g/mol. The van der Waals surface area contributed by atoms with E-state index >= 15 is 0 Å². The first-order valence-electron chi connectivity index (χ1n) is 4.43. The standard InChI is InChI=1S/C8H14N2O4S/c1-14-8(11)4-7-15(12,13)10-6-3-2-5-9/h10H,2-4,6-7H2,1H3. The maximum Gasteiger partial charge on any atom is 0.306 e. The SMILES string of the molecule is COC(=O)CCS(=O)(=O)NCCCC#N. The van der Waals surface area contributed by atoms with E-state index < -0.39 is 16.0 Å². The molecule has 0 aliphatic carbocycles. The normalized spacial score (nSPS) is 10.7. The van der Waals surface area contributed by atoms with Gasteiger partial charge in [0.05, 0.1) is 25.4 Å². The van der Waals surface area contributed by atoms with Gasteiger partial charge in [0.1, 0.15) is 0 Å². The van der Waals surface area contributed by atoms with Crippen LogP contribution in [0.2, 0.25) is 0 Å². The van der Waals surface area contributed by atoms with Gasteiger partial charge < -0.3 is 4.74 Å². The highest BCUT2D eigenvalue weighted by molar-refractivity contribution is 7.89. The highest BCUT2D eigenvalue weighted by atomic mass is 32.2. The second-order valence-electron chi connectivity index (χ2n) is 2.80. The third-order valence-corrected chi connectivity index (χ3v) is 2.98. The first kappa shape index (κ1) is 13.9. The quantitative estimate of drug-likeness (QED) is 0.485. The number of nitrogens with one attached hydrogen (secondary N) is 1. The van der Waals surface area contributed by atoms with Crippen LogP contribution in [0.3, 0.4) is 0 Å². The lowest BCUT2D eigenvalue weighted by Crippen LogP contribution is -2.28. The molecular weight excluding hydrogens is 220 g/mol. The smallest absolute Gasteiger partial charge is 0.306 e. The van der Waals surface area contributed by atoms with Gasteiger partial charge in [-0.1, -0.05) is 0 Å². The lowest BCUT2D eigenvalue weighted by molar-refractivity contribution is -0.140. The lowest BCUT2D eigenvalue weighted by atomic mass is 10.3. The summed E-state index contributed by atoms with van der Waals surface area (Å²) in [6.07, 6.45) is 0.609. The van der Waals surface area contributed by atoms with Gasteiger partial charge in [0.25, 0.3) is 0 Å². The molecule has 0 radical (unpaired) electrons. The molecule has 0 saturated carbocycles. The van der Waals surface area contributed by atoms with Crippen LogP contribution in [0.5, 0.6) is 0 Å². The molecule has 0 rings (SSSR count). The highest BCUT2D eigenvalue weighted by Gasteiger charge is 2.12. The van der Waals surface area contributed by atoms with E-state index in [1.165, 1.54) is 7.11 Å². The van der Waals surface area contributed by atoms with Crippen molar-refractivity contribution in [3.63, 3.8) is 0 Å². The first-order valence-corrected chi connectivity index (χ1v) is 6.08. The zero-order valence-electron chi connectivity index (χ0n) is 8.52. The predicted octanol–water partition coefficient (Wildman–Crippen LogP) is -0.227. The van der Waals surface area contributed by atoms with Crippen molar-refractivity contribution in [3.8, 4) is 6.07 Å². The maximum absolute atomic E-state index is 11.2.